The second-order valence-electron chi connectivity index (χ2n) is 17.5. The largest absolute Gasteiger partial charge is 0.463 e. The van der Waals surface area contributed by atoms with E-state index in [9.17, 15) is 65.6 Å². The Balaban J connectivity index is 1.15. The Labute approximate surface area is 429 Å². The van der Waals surface area contributed by atoms with Crippen LogP contribution in [0.2, 0.25) is 0 Å². The molecule has 2 atom stereocenters. The van der Waals surface area contributed by atoms with Gasteiger partial charge in [-0.05, 0) is 112 Å². The number of urea groups is 2. The van der Waals surface area contributed by atoms with E-state index in [1.54, 1.807) is 13.8 Å². The minimum atomic E-state index is -4.78. The second-order valence-corrected chi connectivity index (χ2v) is 17.5. The van der Waals surface area contributed by atoms with Crippen molar-refractivity contribution in [3.05, 3.63) is 153 Å². The molecule has 75 heavy (non-hydrogen) atoms. The monoisotopic (exact) mass is 1040 g/mol. The molecule has 2 unspecified atom stereocenters. The molecule has 14 nitrogen and oxygen atoms in total. The van der Waals surface area contributed by atoms with Crippen LogP contribution >= 0.6 is 0 Å². The van der Waals surface area contributed by atoms with Crippen LogP contribution in [-0.2, 0) is 41.0 Å². The van der Waals surface area contributed by atoms with Gasteiger partial charge in [-0.1, -0.05) is 68.5 Å². The number of anilines is 2. The van der Waals surface area contributed by atoms with E-state index in [1.165, 1.54) is 74.5 Å². The number of unbranched alkanes of at least 4 members (excludes halogenated alkanes) is 6. The predicted molar refractivity (Wildman–Crippen MR) is 260 cm³/mol. The maximum atomic E-state index is 14.5. The molecule has 6 amide bonds. The van der Waals surface area contributed by atoms with Crippen LogP contribution in [0.1, 0.15) is 131 Å². The first-order valence-electron chi connectivity index (χ1n) is 24.1. The van der Waals surface area contributed by atoms with Gasteiger partial charge in [0, 0.05) is 24.2 Å². The van der Waals surface area contributed by atoms with Crippen LogP contribution in [0, 0.1) is 22.7 Å². The zero-order valence-corrected chi connectivity index (χ0v) is 41.4. The number of hydrogen-bond acceptors (Lipinski definition) is 10. The molecule has 0 saturated carbocycles. The number of nitrogens with zero attached hydrogens (tertiary/aromatic N) is 6. The van der Waals surface area contributed by atoms with Crippen LogP contribution < -0.4 is 9.80 Å². The molecule has 2 aliphatic rings. The molecule has 2 heterocycles. The molecule has 0 aromatic heterocycles. The van der Waals surface area contributed by atoms with E-state index in [0.717, 1.165) is 56.0 Å². The lowest BCUT2D eigenvalue weighted by atomic mass is 9.91. The van der Waals surface area contributed by atoms with E-state index < -0.39 is 71.4 Å². The van der Waals surface area contributed by atoms with Gasteiger partial charge in [0.05, 0.1) is 70.1 Å². The van der Waals surface area contributed by atoms with E-state index in [2.05, 4.69) is 0 Å². The van der Waals surface area contributed by atoms with Crippen LogP contribution in [0.5, 0.6) is 0 Å². The minimum absolute atomic E-state index is 0.0583. The van der Waals surface area contributed by atoms with Crippen LogP contribution in [0.4, 0.5) is 47.3 Å². The summed E-state index contributed by atoms with van der Waals surface area (Å²) in [4.78, 5) is 88.4. The van der Waals surface area contributed by atoms with E-state index in [-0.39, 0.29) is 95.1 Å². The third-order valence-corrected chi connectivity index (χ3v) is 12.7. The van der Waals surface area contributed by atoms with Gasteiger partial charge in [-0.2, -0.15) is 36.9 Å². The molecule has 0 N–H and O–H groups in total. The predicted octanol–water partition coefficient (Wildman–Crippen LogP) is 12.4. The van der Waals surface area contributed by atoms with Gasteiger partial charge in [0.1, 0.15) is 12.1 Å². The van der Waals surface area contributed by atoms with Crippen molar-refractivity contribution in [3.8, 4) is 12.1 Å². The Hall–Kier alpha value is -8.26. The molecule has 0 spiro atoms. The maximum absolute atomic E-state index is 14.5. The summed E-state index contributed by atoms with van der Waals surface area (Å²) in [6, 6.07) is 18.7. The summed E-state index contributed by atoms with van der Waals surface area (Å²) >= 11 is 0. The zero-order chi connectivity index (χ0) is 54.8. The van der Waals surface area contributed by atoms with E-state index in [4.69, 9.17) is 9.47 Å². The van der Waals surface area contributed by atoms with E-state index >= 15 is 0 Å². The normalized spacial score (nSPS) is 16.2. The SMILES string of the molecule is CCOC(=O)C1=C(C)N(c2cccc(C(F)(F)F)c2)C(=O)N(C(=O)CCCCCCCCCC(=O)N2C(=O)N(c3cccc(C(F)(F)F)c3)C(C)=C(C(=O)OCC)C2c2ccc(C#N)cc2)C1c1ccc(C#N)cc1. The number of carbonyl (C=O) groups is 6. The van der Waals surface area contributed by atoms with Crippen LogP contribution in [0.15, 0.2) is 120 Å². The summed E-state index contributed by atoms with van der Waals surface area (Å²) < 4.78 is 94.0. The fourth-order valence-electron chi connectivity index (χ4n) is 9.10. The van der Waals surface area contributed by atoms with Crippen molar-refractivity contribution in [3.63, 3.8) is 0 Å². The fraction of sp³-hybridized carbons (Fsp3) is 0.345. The summed E-state index contributed by atoms with van der Waals surface area (Å²) in [5.74, 6) is -3.28. The molecule has 0 bridgehead atoms. The number of ether oxygens (including phenoxy) is 2. The number of hydrogen-bond donors (Lipinski definition) is 0. The Morgan fingerprint density at radius 1 is 0.533 bits per heavy atom. The number of allylic oxidation sites excluding steroid dienone is 2. The summed E-state index contributed by atoms with van der Waals surface area (Å²) in [5, 5.41) is 18.9. The number of rotatable bonds is 18. The quantitative estimate of drug-likeness (QED) is 0.0528. The Kier molecular flexibility index (Phi) is 18.1. The molecule has 0 radical (unpaired) electrons. The van der Waals surface area contributed by atoms with Gasteiger partial charge in [0.25, 0.3) is 0 Å². The van der Waals surface area contributed by atoms with Crippen LogP contribution in [0.25, 0.3) is 0 Å². The van der Waals surface area contributed by atoms with E-state index in [0.29, 0.717) is 32.1 Å². The third-order valence-electron chi connectivity index (χ3n) is 12.7. The number of esters is 2. The van der Waals surface area contributed by atoms with Crippen molar-refractivity contribution in [2.75, 3.05) is 23.0 Å². The number of benzene rings is 4. The van der Waals surface area contributed by atoms with Crippen molar-refractivity contribution in [2.24, 2.45) is 0 Å². The van der Waals surface area contributed by atoms with Gasteiger partial charge in [0.15, 0.2) is 0 Å². The fourth-order valence-corrected chi connectivity index (χ4v) is 9.10. The van der Waals surface area contributed by atoms with Crippen molar-refractivity contribution >= 4 is 47.2 Å². The summed E-state index contributed by atoms with van der Waals surface area (Å²) in [7, 11) is 0. The molecule has 20 heteroatoms. The highest BCUT2D eigenvalue weighted by Crippen LogP contribution is 2.44. The topological polar surface area (TPSA) is 181 Å². The number of carbonyl (C=O) groups excluding carboxylic acids is 6. The average Bonchev–Trinajstić information content (AvgIpc) is 3.37. The molecule has 6 rings (SSSR count). The van der Waals surface area contributed by atoms with Gasteiger partial charge < -0.3 is 9.47 Å². The zero-order valence-electron chi connectivity index (χ0n) is 41.4. The maximum Gasteiger partial charge on any atom is 0.416 e. The Bertz CT molecular complexity index is 2780. The van der Waals surface area contributed by atoms with Crippen molar-refractivity contribution in [2.45, 2.75) is 110 Å². The van der Waals surface area contributed by atoms with Gasteiger partial charge in [0.2, 0.25) is 11.8 Å². The lowest BCUT2D eigenvalue weighted by molar-refractivity contribution is -0.141. The summed E-state index contributed by atoms with van der Waals surface area (Å²) in [5.41, 5.74) is -2.03. The number of alkyl halides is 6. The summed E-state index contributed by atoms with van der Waals surface area (Å²) in [6.45, 7) is 5.63. The molecule has 392 valence electrons. The van der Waals surface area contributed by atoms with Crippen molar-refractivity contribution in [1.29, 1.82) is 10.5 Å². The second kappa shape index (κ2) is 24.2. The Morgan fingerprint density at radius 3 is 1.17 bits per heavy atom. The van der Waals surface area contributed by atoms with Crippen molar-refractivity contribution in [1.82, 2.24) is 9.80 Å². The highest BCUT2D eigenvalue weighted by Gasteiger charge is 2.48. The van der Waals surface area contributed by atoms with E-state index in [1.807, 2.05) is 12.1 Å². The molecule has 2 aliphatic heterocycles. The van der Waals surface area contributed by atoms with Crippen molar-refractivity contribution < 1.29 is 64.6 Å². The van der Waals surface area contributed by atoms with Crippen LogP contribution in [-0.4, -0.2) is 58.8 Å². The standard InChI is InChI=1S/C55H52F6N6O8/c1-5-74-50(70)46-34(3)64(42-18-14-16-40(30-42)54(56,57)58)52(72)66(48(46)38-26-22-36(32-62)23-27-38)44(68)20-12-10-8-7-9-11-13-21-45(69)67-49(39-28-24-37(33-63)25-29-39)47(51(71)75-6-2)35(4)65(53(67)73)43-19-15-17-41(31-43)55(59,60)61/h14-19,22-31,48-49H,5-13,20-21H2,1-4H3. The number of nitriles is 2. The molecule has 4 aromatic carbocycles. The molecular formula is C55H52F6N6O8. The van der Waals surface area contributed by atoms with Gasteiger partial charge in [-0.3, -0.25) is 29.2 Å². The van der Waals surface area contributed by atoms with Crippen LogP contribution in [0.3, 0.4) is 0 Å². The average molecular weight is 1040 g/mol. The summed E-state index contributed by atoms with van der Waals surface area (Å²) in [6.07, 6.45) is -6.71. The Morgan fingerprint density at radius 2 is 0.867 bits per heavy atom. The third kappa shape index (κ3) is 12.6. The first-order valence-corrected chi connectivity index (χ1v) is 24.1. The lowest BCUT2D eigenvalue weighted by Gasteiger charge is -2.41. The molecular weight excluding hydrogens is 987 g/mol. The van der Waals surface area contributed by atoms with Gasteiger partial charge in [-0.15, -0.1) is 0 Å². The number of amides is 6. The first kappa shape index (κ1) is 56.0. The molecule has 4 aromatic rings. The minimum Gasteiger partial charge on any atom is -0.463 e. The molecule has 0 saturated heterocycles. The highest BCUT2D eigenvalue weighted by atomic mass is 19.4. The molecule has 0 aliphatic carbocycles. The number of halogens is 6. The smallest absolute Gasteiger partial charge is 0.416 e. The van der Waals surface area contributed by atoms with Gasteiger partial charge in [-0.25, -0.2) is 19.2 Å². The number of imide groups is 2. The van der Waals surface area contributed by atoms with Gasteiger partial charge >= 0.3 is 36.4 Å². The molecule has 0 fully saturated rings. The lowest BCUT2D eigenvalue weighted by Crippen LogP contribution is -2.53. The highest BCUT2D eigenvalue weighted by molar-refractivity contribution is 6.11. The first-order chi connectivity index (χ1) is 35.7.